The summed E-state index contributed by atoms with van der Waals surface area (Å²) in [5.74, 6) is -0.233. The van der Waals surface area contributed by atoms with Crippen LogP contribution in [0.25, 0.3) is 10.4 Å². The van der Waals surface area contributed by atoms with Crippen molar-refractivity contribution in [3.8, 4) is 10.4 Å². The molecule has 3 aromatic rings. The number of aryl methyl sites for hydroxylation is 1. The van der Waals surface area contributed by atoms with E-state index in [9.17, 15) is 18.3 Å². The van der Waals surface area contributed by atoms with Gasteiger partial charge in [-0.05, 0) is 49.2 Å². The lowest BCUT2D eigenvalue weighted by molar-refractivity contribution is -0.141. The zero-order chi connectivity index (χ0) is 22.2. The van der Waals surface area contributed by atoms with E-state index in [-0.39, 0.29) is 11.9 Å². The molecule has 3 heterocycles. The lowest BCUT2D eigenvalue weighted by Gasteiger charge is -2.27. The minimum atomic E-state index is -4.54. The van der Waals surface area contributed by atoms with Crippen molar-refractivity contribution >= 4 is 23.0 Å². The Balaban J connectivity index is 1.58. The lowest BCUT2D eigenvalue weighted by atomic mass is 9.88. The summed E-state index contributed by atoms with van der Waals surface area (Å²) in [5, 5.41) is 17.7. The van der Waals surface area contributed by atoms with E-state index >= 15 is 0 Å². The summed E-state index contributed by atoms with van der Waals surface area (Å²) in [6.07, 6.45) is -1.01. The second-order valence-corrected chi connectivity index (χ2v) is 8.85. The molecular weight excluding hydrogens is 427 g/mol. The van der Waals surface area contributed by atoms with Crippen molar-refractivity contribution in [3.63, 3.8) is 0 Å². The number of nitrogens with one attached hydrogen (secondary N) is 2. The van der Waals surface area contributed by atoms with Crippen molar-refractivity contribution in [2.45, 2.75) is 38.0 Å². The highest BCUT2D eigenvalue weighted by molar-refractivity contribution is 7.15. The van der Waals surface area contributed by atoms with E-state index in [1.54, 1.807) is 6.20 Å². The standard InChI is InChI=1S/C21H22F3N5OS/c1-12-7-14(16-10-27-18(31-16)13(2)20(30)4-6-25-11-20)9-15(8-12)28-19-26-5-3-17(29-19)21(22,23)24/h3,5,7-10,13,25,30H,4,6,11H2,1-2H3,(H,26,28,29). The molecule has 3 N–H and O–H groups in total. The van der Waals surface area contributed by atoms with Gasteiger partial charge in [-0.3, -0.25) is 0 Å². The van der Waals surface area contributed by atoms with Crippen molar-refractivity contribution in [2.75, 3.05) is 18.4 Å². The molecule has 4 rings (SSSR count). The summed E-state index contributed by atoms with van der Waals surface area (Å²) < 4.78 is 38.8. The third-order valence-electron chi connectivity index (χ3n) is 5.43. The Kier molecular flexibility index (Phi) is 5.71. The molecule has 10 heteroatoms. The Bertz CT molecular complexity index is 1080. The van der Waals surface area contributed by atoms with Gasteiger partial charge in [0.1, 0.15) is 5.69 Å². The predicted molar refractivity (Wildman–Crippen MR) is 113 cm³/mol. The molecule has 164 valence electrons. The van der Waals surface area contributed by atoms with Gasteiger partial charge in [0.15, 0.2) is 0 Å². The van der Waals surface area contributed by atoms with Gasteiger partial charge >= 0.3 is 6.18 Å². The van der Waals surface area contributed by atoms with Crippen LogP contribution in [-0.4, -0.2) is 38.7 Å². The fraction of sp³-hybridized carbons (Fsp3) is 0.381. The molecule has 6 nitrogen and oxygen atoms in total. The molecule has 1 aliphatic heterocycles. The fourth-order valence-electron chi connectivity index (χ4n) is 3.62. The number of rotatable bonds is 5. The van der Waals surface area contributed by atoms with E-state index in [0.717, 1.165) is 39.8 Å². The van der Waals surface area contributed by atoms with Crippen molar-refractivity contribution in [3.05, 3.63) is 52.9 Å². The topological polar surface area (TPSA) is 83.0 Å². The summed E-state index contributed by atoms with van der Waals surface area (Å²) in [4.78, 5) is 12.9. The zero-order valence-corrected chi connectivity index (χ0v) is 17.8. The molecule has 2 unspecified atom stereocenters. The van der Waals surface area contributed by atoms with Crippen LogP contribution in [0.5, 0.6) is 0 Å². The van der Waals surface area contributed by atoms with E-state index in [4.69, 9.17) is 0 Å². The van der Waals surface area contributed by atoms with Crippen LogP contribution in [0.4, 0.5) is 24.8 Å². The summed E-state index contributed by atoms with van der Waals surface area (Å²) in [6.45, 7) is 5.20. The molecule has 0 saturated carbocycles. The molecule has 1 aliphatic rings. The van der Waals surface area contributed by atoms with Gasteiger partial charge in [0.25, 0.3) is 0 Å². The summed E-state index contributed by atoms with van der Waals surface area (Å²) in [7, 11) is 0. The van der Waals surface area contributed by atoms with Gasteiger partial charge in [-0.25, -0.2) is 15.0 Å². The smallest absolute Gasteiger partial charge is 0.388 e. The van der Waals surface area contributed by atoms with Crippen LogP contribution in [0.3, 0.4) is 0 Å². The van der Waals surface area contributed by atoms with E-state index in [2.05, 4.69) is 25.6 Å². The van der Waals surface area contributed by atoms with Crippen molar-refractivity contribution < 1.29 is 18.3 Å². The Morgan fingerprint density at radius 3 is 2.77 bits per heavy atom. The third kappa shape index (κ3) is 4.70. The Labute approximate surface area is 181 Å². The van der Waals surface area contributed by atoms with Crippen LogP contribution in [0.2, 0.25) is 0 Å². The van der Waals surface area contributed by atoms with Gasteiger partial charge in [-0.1, -0.05) is 13.0 Å². The van der Waals surface area contributed by atoms with Gasteiger partial charge in [-0.2, -0.15) is 13.2 Å². The number of alkyl halides is 3. The molecule has 0 aliphatic carbocycles. The number of nitrogens with zero attached hydrogens (tertiary/aromatic N) is 3. The van der Waals surface area contributed by atoms with Gasteiger partial charge in [0.05, 0.1) is 15.5 Å². The number of β-amino-alcohol motifs (C(OH)–C–C–N with tert-alkyl or cyclic N) is 1. The zero-order valence-electron chi connectivity index (χ0n) is 17.0. The maximum Gasteiger partial charge on any atom is 0.433 e. The maximum absolute atomic E-state index is 12.9. The monoisotopic (exact) mass is 449 g/mol. The lowest BCUT2D eigenvalue weighted by Crippen LogP contribution is -2.37. The Hall–Kier alpha value is -2.56. The Morgan fingerprint density at radius 1 is 1.26 bits per heavy atom. The van der Waals surface area contributed by atoms with Crippen LogP contribution in [0.1, 0.15) is 35.5 Å². The van der Waals surface area contributed by atoms with Crippen LogP contribution in [-0.2, 0) is 6.18 Å². The minimum Gasteiger partial charge on any atom is -0.388 e. The first-order valence-corrected chi connectivity index (χ1v) is 10.6. The first kappa shape index (κ1) is 21.7. The molecule has 1 aromatic carbocycles. The normalized spacial score (nSPS) is 20.1. The fourth-order valence-corrected chi connectivity index (χ4v) is 4.69. The number of aromatic nitrogens is 3. The number of benzene rings is 1. The van der Waals surface area contributed by atoms with E-state index in [1.807, 2.05) is 32.0 Å². The predicted octanol–water partition coefficient (Wildman–Crippen LogP) is 4.50. The SMILES string of the molecule is Cc1cc(Nc2nccc(C(F)(F)F)n2)cc(-c2cnc(C(C)C3(O)CCNC3)s2)c1. The molecule has 2 aromatic heterocycles. The summed E-state index contributed by atoms with van der Waals surface area (Å²) >= 11 is 1.50. The minimum absolute atomic E-state index is 0.109. The van der Waals surface area contributed by atoms with E-state index < -0.39 is 17.5 Å². The maximum atomic E-state index is 12.9. The Morgan fingerprint density at radius 2 is 2.06 bits per heavy atom. The third-order valence-corrected chi connectivity index (χ3v) is 6.66. The van der Waals surface area contributed by atoms with Crippen molar-refractivity contribution in [1.29, 1.82) is 0 Å². The molecule has 0 bridgehead atoms. The van der Waals surface area contributed by atoms with Gasteiger partial charge in [0, 0.05) is 30.5 Å². The highest BCUT2D eigenvalue weighted by Crippen LogP contribution is 2.38. The number of aliphatic hydroxyl groups is 1. The number of hydrogen-bond acceptors (Lipinski definition) is 7. The van der Waals surface area contributed by atoms with Crippen LogP contribution >= 0.6 is 11.3 Å². The number of anilines is 2. The highest BCUT2D eigenvalue weighted by atomic mass is 32.1. The van der Waals surface area contributed by atoms with Gasteiger partial charge < -0.3 is 15.7 Å². The quantitative estimate of drug-likeness (QED) is 0.532. The second-order valence-electron chi connectivity index (χ2n) is 7.79. The summed E-state index contributed by atoms with van der Waals surface area (Å²) in [6, 6.07) is 6.45. The van der Waals surface area contributed by atoms with E-state index in [0.29, 0.717) is 18.7 Å². The van der Waals surface area contributed by atoms with Crippen molar-refractivity contribution in [2.24, 2.45) is 0 Å². The van der Waals surface area contributed by atoms with Gasteiger partial charge in [0.2, 0.25) is 5.95 Å². The van der Waals surface area contributed by atoms with Crippen LogP contribution in [0, 0.1) is 6.92 Å². The summed E-state index contributed by atoms with van der Waals surface area (Å²) in [5.41, 5.74) is 0.569. The van der Waals surface area contributed by atoms with E-state index in [1.165, 1.54) is 11.3 Å². The molecule has 2 atom stereocenters. The number of halogens is 3. The molecule has 1 fully saturated rings. The van der Waals surface area contributed by atoms with Crippen LogP contribution < -0.4 is 10.6 Å². The number of thiazole rings is 1. The molecule has 0 radical (unpaired) electrons. The first-order chi connectivity index (χ1) is 14.6. The van der Waals surface area contributed by atoms with Crippen LogP contribution in [0.15, 0.2) is 36.7 Å². The van der Waals surface area contributed by atoms with Crippen molar-refractivity contribution in [1.82, 2.24) is 20.3 Å². The molecule has 0 spiro atoms. The largest absolute Gasteiger partial charge is 0.433 e. The number of hydrogen-bond donors (Lipinski definition) is 3. The highest BCUT2D eigenvalue weighted by Gasteiger charge is 2.39. The second kappa shape index (κ2) is 8.18. The molecule has 1 saturated heterocycles. The molecule has 0 amide bonds. The van der Waals surface area contributed by atoms with Gasteiger partial charge in [-0.15, -0.1) is 11.3 Å². The molecule has 31 heavy (non-hydrogen) atoms. The average molecular weight is 450 g/mol. The average Bonchev–Trinajstić information content (AvgIpc) is 3.37. The first-order valence-electron chi connectivity index (χ1n) is 9.82. The molecular formula is C21H22F3N5OS.